The highest BCUT2D eigenvalue weighted by Gasteiger charge is 2.18. The minimum atomic E-state index is -3.93. The van der Waals surface area contributed by atoms with E-state index in [2.05, 4.69) is 5.10 Å². The van der Waals surface area contributed by atoms with Crippen LogP contribution in [0.1, 0.15) is 5.69 Å². The van der Waals surface area contributed by atoms with Crippen LogP contribution in [0.5, 0.6) is 0 Å². The van der Waals surface area contributed by atoms with Gasteiger partial charge < -0.3 is 4.57 Å². The van der Waals surface area contributed by atoms with Crippen molar-refractivity contribution in [1.82, 2.24) is 14.3 Å². The van der Waals surface area contributed by atoms with E-state index in [4.69, 9.17) is 5.14 Å². The van der Waals surface area contributed by atoms with Crippen LogP contribution in [0.2, 0.25) is 0 Å². The lowest BCUT2D eigenvalue weighted by molar-refractivity contribution is 0.598. The van der Waals surface area contributed by atoms with Gasteiger partial charge in [0.05, 0.1) is 12.2 Å². The highest BCUT2D eigenvalue weighted by molar-refractivity contribution is 7.89. The lowest BCUT2D eigenvalue weighted by atomic mass is 10.2. The molecule has 8 heteroatoms. The van der Waals surface area contributed by atoms with Crippen molar-refractivity contribution in [2.24, 2.45) is 12.2 Å². The standard InChI is InChI=1S/C13H13FN4O2S/c1-17-5-4-10(16-17)7-18-8-13(21(15,19)20)11-6-9(14)2-3-12(11)18/h2-6,8H,7H2,1H3,(H2,15,19,20). The Morgan fingerprint density at radius 2 is 2.10 bits per heavy atom. The Morgan fingerprint density at radius 1 is 1.33 bits per heavy atom. The Hall–Kier alpha value is -2.19. The molecule has 0 fully saturated rings. The van der Waals surface area contributed by atoms with Crippen LogP contribution < -0.4 is 5.14 Å². The molecule has 0 unspecified atom stereocenters. The number of sulfonamides is 1. The first-order valence-electron chi connectivity index (χ1n) is 6.14. The van der Waals surface area contributed by atoms with E-state index in [1.165, 1.54) is 24.4 Å². The molecule has 0 amide bonds. The van der Waals surface area contributed by atoms with Crippen molar-refractivity contribution in [3.05, 3.63) is 48.2 Å². The Balaban J connectivity index is 2.19. The zero-order valence-electron chi connectivity index (χ0n) is 11.2. The summed E-state index contributed by atoms with van der Waals surface area (Å²) in [4.78, 5) is -0.0899. The number of rotatable bonds is 3. The first kappa shape index (κ1) is 13.8. The summed E-state index contributed by atoms with van der Waals surface area (Å²) in [6, 6.07) is 5.81. The molecule has 21 heavy (non-hydrogen) atoms. The van der Waals surface area contributed by atoms with Crippen LogP contribution in [0, 0.1) is 5.82 Å². The number of nitrogens with two attached hydrogens (primary N) is 1. The maximum absolute atomic E-state index is 13.4. The molecular weight excluding hydrogens is 295 g/mol. The van der Waals surface area contributed by atoms with Gasteiger partial charge in [0, 0.05) is 30.3 Å². The van der Waals surface area contributed by atoms with Crippen LogP contribution in [-0.4, -0.2) is 22.8 Å². The summed E-state index contributed by atoms with van der Waals surface area (Å²) in [5.41, 5.74) is 1.35. The van der Waals surface area contributed by atoms with E-state index in [-0.39, 0.29) is 10.3 Å². The van der Waals surface area contributed by atoms with Gasteiger partial charge in [0.2, 0.25) is 10.0 Å². The Bertz CT molecular complexity index is 927. The summed E-state index contributed by atoms with van der Waals surface area (Å²) < 4.78 is 40.0. The fourth-order valence-electron chi connectivity index (χ4n) is 2.32. The van der Waals surface area contributed by atoms with Crippen molar-refractivity contribution in [2.75, 3.05) is 0 Å². The molecule has 6 nitrogen and oxygen atoms in total. The van der Waals surface area contributed by atoms with Gasteiger partial charge in [-0.15, -0.1) is 0 Å². The molecule has 3 aromatic rings. The molecule has 1 aromatic carbocycles. The number of hydrogen-bond acceptors (Lipinski definition) is 3. The molecule has 0 saturated carbocycles. The molecule has 0 spiro atoms. The van der Waals surface area contributed by atoms with Crippen molar-refractivity contribution in [1.29, 1.82) is 0 Å². The number of nitrogens with zero attached hydrogens (tertiary/aromatic N) is 3. The van der Waals surface area contributed by atoms with Crippen molar-refractivity contribution < 1.29 is 12.8 Å². The van der Waals surface area contributed by atoms with Crippen molar-refractivity contribution in [2.45, 2.75) is 11.4 Å². The van der Waals surface area contributed by atoms with Crippen molar-refractivity contribution >= 4 is 20.9 Å². The number of aromatic nitrogens is 3. The van der Waals surface area contributed by atoms with Gasteiger partial charge >= 0.3 is 0 Å². The van der Waals surface area contributed by atoms with Crippen LogP contribution in [-0.2, 0) is 23.6 Å². The molecule has 110 valence electrons. The SMILES string of the molecule is Cn1ccc(Cn2cc(S(N)(=O)=O)c3cc(F)ccc32)n1. The maximum Gasteiger partial charge on any atom is 0.240 e. The van der Waals surface area contributed by atoms with Crippen molar-refractivity contribution in [3.63, 3.8) is 0 Å². The third-order valence-corrected chi connectivity index (χ3v) is 4.15. The quantitative estimate of drug-likeness (QED) is 0.789. The molecule has 0 atom stereocenters. The lowest BCUT2D eigenvalue weighted by Crippen LogP contribution is -2.11. The molecule has 0 aliphatic carbocycles. The molecule has 2 N–H and O–H groups in total. The first-order chi connectivity index (χ1) is 9.84. The summed E-state index contributed by atoms with van der Waals surface area (Å²) in [6.07, 6.45) is 3.20. The summed E-state index contributed by atoms with van der Waals surface area (Å²) in [6.45, 7) is 0.374. The monoisotopic (exact) mass is 308 g/mol. The molecule has 0 bridgehead atoms. The Kier molecular flexibility index (Phi) is 3.07. The van der Waals surface area contributed by atoms with Crippen LogP contribution in [0.25, 0.3) is 10.9 Å². The number of primary sulfonamides is 1. The largest absolute Gasteiger partial charge is 0.340 e. The van der Waals surface area contributed by atoms with Crippen molar-refractivity contribution in [3.8, 4) is 0 Å². The number of hydrogen-bond donors (Lipinski definition) is 1. The Morgan fingerprint density at radius 3 is 2.71 bits per heavy atom. The topological polar surface area (TPSA) is 82.9 Å². The van der Waals surface area contributed by atoms with E-state index >= 15 is 0 Å². The third-order valence-electron chi connectivity index (χ3n) is 3.21. The zero-order chi connectivity index (χ0) is 15.2. The number of halogens is 1. The smallest absolute Gasteiger partial charge is 0.240 e. The average molecular weight is 308 g/mol. The molecule has 3 rings (SSSR count). The fraction of sp³-hybridized carbons (Fsp3) is 0.154. The summed E-state index contributed by atoms with van der Waals surface area (Å²) in [5, 5.41) is 9.71. The van der Waals surface area contributed by atoms with Crippen LogP contribution in [0.15, 0.2) is 41.6 Å². The summed E-state index contributed by atoms with van der Waals surface area (Å²) in [5.74, 6) is -0.511. The number of fused-ring (bicyclic) bond motifs is 1. The second kappa shape index (κ2) is 4.68. The van der Waals surface area contributed by atoms with Gasteiger partial charge in [0.25, 0.3) is 0 Å². The Labute approximate surface area is 120 Å². The van der Waals surface area contributed by atoms with Gasteiger partial charge in [0.1, 0.15) is 10.7 Å². The second-order valence-electron chi connectivity index (χ2n) is 4.81. The van der Waals surface area contributed by atoms with Crippen LogP contribution in [0.4, 0.5) is 4.39 Å². The number of aryl methyl sites for hydroxylation is 1. The summed E-state index contributed by atoms with van der Waals surface area (Å²) >= 11 is 0. The van der Waals surface area contributed by atoms with E-state index in [1.54, 1.807) is 22.5 Å². The minimum absolute atomic E-state index is 0.0899. The predicted octanol–water partition coefficient (Wildman–Crippen LogP) is 1.21. The molecule has 2 heterocycles. The minimum Gasteiger partial charge on any atom is -0.340 e. The molecule has 0 aliphatic heterocycles. The summed E-state index contributed by atoms with van der Waals surface area (Å²) in [7, 11) is -2.13. The van der Waals surface area contributed by atoms with Gasteiger partial charge in [-0.25, -0.2) is 17.9 Å². The maximum atomic E-state index is 13.4. The highest BCUT2D eigenvalue weighted by atomic mass is 32.2. The lowest BCUT2D eigenvalue weighted by Gasteiger charge is -2.02. The molecule has 2 aromatic heterocycles. The van der Waals surface area contributed by atoms with E-state index in [0.717, 1.165) is 5.69 Å². The second-order valence-corrected chi connectivity index (χ2v) is 6.34. The average Bonchev–Trinajstić information content (AvgIpc) is 2.93. The van der Waals surface area contributed by atoms with Gasteiger partial charge in [-0.3, -0.25) is 4.68 Å². The third kappa shape index (κ3) is 2.55. The van der Waals surface area contributed by atoms with Crippen LogP contribution >= 0.6 is 0 Å². The fourth-order valence-corrected chi connectivity index (χ4v) is 3.06. The van der Waals surface area contributed by atoms with E-state index in [9.17, 15) is 12.8 Å². The molecule has 0 saturated heterocycles. The first-order valence-corrected chi connectivity index (χ1v) is 7.69. The van der Waals surface area contributed by atoms with Gasteiger partial charge in [-0.2, -0.15) is 5.10 Å². The molecule has 0 radical (unpaired) electrons. The highest BCUT2D eigenvalue weighted by Crippen LogP contribution is 2.26. The van der Waals surface area contributed by atoms with E-state index in [0.29, 0.717) is 12.1 Å². The number of benzene rings is 1. The molecular formula is C13H13FN4O2S. The van der Waals surface area contributed by atoms with E-state index in [1.807, 2.05) is 6.07 Å². The predicted molar refractivity (Wildman–Crippen MR) is 75.6 cm³/mol. The molecule has 0 aliphatic rings. The normalized spacial score (nSPS) is 12.1. The zero-order valence-corrected chi connectivity index (χ0v) is 12.0. The van der Waals surface area contributed by atoms with Gasteiger partial charge in [0.15, 0.2) is 0 Å². The van der Waals surface area contributed by atoms with Gasteiger partial charge in [-0.05, 0) is 24.3 Å². The van der Waals surface area contributed by atoms with Crippen LogP contribution in [0.3, 0.4) is 0 Å². The van der Waals surface area contributed by atoms with E-state index < -0.39 is 15.8 Å². The van der Waals surface area contributed by atoms with Gasteiger partial charge in [-0.1, -0.05) is 0 Å².